The number of aryl methyl sites for hydroxylation is 2. The van der Waals surface area contributed by atoms with Crippen LogP contribution in [0.3, 0.4) is 0 Å². The number of nitrogens with one attached hydrogen (secondary N) is 3. The van der Waals surface area contributed by atoms with Crippen molar-refractivity contribution >= 4 is 17.5 Å². The van der Waals surface area contributed by atoms with Crippen molar-refractivity contribution in [1.82, 2.24) is 10.6 Å². The van der Waals surface area contributed by atoms with Gasteiger partial charge in [-0.15, -0.1) is 0 Å². The molecule has 1 saturated heterocycles. The fourth-order valence-corrected chi connectivity index (χ4v) is 2.07. The van der Waals surface area contributed by atoms with Gasteiger partial charge < -0.3 is 16.0 Å². The molecule has 5 heteroatoms. The maximum Gasteiger partial charge on any atom is 0.237 e. The summed E-state index contributed by atoms with van der Waals surface area (Å²) in [6, 6.07) is 5.47. The first-order valence-corrected chi connectivity index (χ1v) is 6.44. The zero-order valence-corrected chi connectivity index (χ0v) is 11.2. The lowest BCUT2D eigenvalue weighted by Crippen LogP contribution is -2.53. The summed E-state index contributed by atoms with van der Waals surface area (Å²) in [6.45, 7) is 5.24. The zero-order valence-electron chi connectivity index (χ0n) is 11.2. The van der Waals surface area contributed by atoms with E-state index in [-0.39, 0.29) is 18.2 Å². The number of piperazine rings is 1. The van der Waals surface area contributed by atoms with E-state index in [0.717, 1.165) is 16.8 Å². The number of amides is 2. The second-order valence-corrected chi connectivity index (χ2v) is 4.87. The number of anilines is 1. The lowest BCUT2D eigenvalue weighted by atomic mass is 10.1. The minimum absolute atomic E-state index is 0.109. The third-order valence-corrected chi connectivity index (χ3v) is 3.19. The van der Waals surface area contributed by atoms with Crippen LogP contribution in [0.4, 0.5) is 5.69 Å². The average Bonchev–Trinajstić information content (AvgIpc) is 2.37. The first kappa shape index (κ1) is 13.5. The maximum absolute atomic E-state index is 12.0. The molecule has 0 unspecified atom stereocenters. The van der Waals surface area contributed by atoms with Crippen molar-refractivity contribution in [3.63, 3.8) is 0 Å². The molecule has 0 spiro atoms. The quantitative estimate of drug-likeness (QED) is 0.751. The summed E-state index contributed by atoms with van der Waals surface area (Å²) < 4.78 is 0. The third kappa shape index (κ3) is 3.54. The molecule has 0 aliphatic carbocycles. The van der Waals surface area contributed by atoms with Gasteiger partial charge in [0.15, 0.2) is 0 Å². The molecule has 1 aromatic rings. The molecule has 1 aromatic carbocycles. The van der Waals surface area contributed by atoms with Crippen molar-refractivity contribution < 1.29 is 9.59 Å². The van der Waals surface area contributed by atoms with Crippen molar-refractivity contribution in [2.24, 2.45) is 0 Å². The maximum atomic E-state index is 12.0. The van der Waals surface area contributed by atoms with E-state index in [9.17, 15) is 9.59 Å². The summed E-state index contributed by atoms with van der Waals surface area (Å²) in [5.41, 5.74) is 2.91. The van der Waals surface area contributed by atoms with Crippen molar-refractivity contribution in [2.75, 3.05) is 18.4 Å². The molecular weight excluding hydrogens is 242 g/mol. The van der Waals surface area contributed by atoms with E-state index in [2.05, 4.69) is 16.0 Å². The fraction of sp³-hybridized carbons (Fsp3) is 0.429. The van der Waals surface area contributed by atoms with Crippen LogP contribution in [0.1, 0.15) is 17.5 Å². The molecule has 0 saturated carbocycles. The Kier molecular flexibility index (Phi) is 4.16. The number of benzene rings is 1. The molecule has 1 fully saturated rings. The number of carbonyl (C=O) groups is 2. The van der Waals surface area contributed by atoms with Gasteiger partial charge in [-0.2, -0.15) is 0 Å². The third-order valence-electron chi connectivity index (χ3n) is 3.19. The van der Waals surface area contributed by atoms with Crippen LogP contribution in [0, 0.1) is 13.8 Å². The van der Waals surface area contributed by atoms with Gasteiger partial charge in [-0.05, 0) is 31.0 Å². The van der Waals surface area contributed by atoms with E-state index in [1.54, 1.807) is 0 Å². The predicted molar refractivity (Wildman–Crippen MR) is 74.0 cm³/mol. The Hall–Kier alpha value is -1.88. The number of carbonyl (C=O) groups excluding carboxylic acids is 2. The molecule has 5 nitrogen and oxygen atoms in total. The molecule has 19 heavy (non-hydrogen) atoms. The second kappa shape index (κ2) is 5.84. The Labute approximate surface area is 112 Å². The molecule has 0 bridgehead atoms. The molecule has 1 atom stereocenters. The number of rotatable bonds is 3. The molecule has 1 aliphatic rings. The van der Waals surface area contributed by atoms with Crippen LogP contribution in [-0.2, 0) is 9.59 Å². The van der Waals surface area contributed by atoms with E-state index in [1.165, 1.54) is 0 Å². The first-order valence-electron chi connectivity index (χ1n) is 6.44. The van der Waals surface area contributed by atoms with E-state index in [0.29, 0.717) is 13.1 Å². The van der Waals surface area contributed by atoms with Crippen LogP contribution in [0.25, 0.3) is 0 Å². The molecule has 1 aliphatic heterocycles. The van der Waals surface area contributed by atoms with Crippen molar-refractivity contribution in [2.45, 2.75) is 26.3 Å². The highest BCUT2D eigenvalue weighted by Gasteiger charge is 2.24. The summed E-state index contributed by atoms with van der Waals surface area (Å²) in [5, 5.41) is 8.64. The van der Waals surface area contributed by atoms with Gasteiger partial charge in [-0.1, -0.05) is 12.1 Å². The molecule has 2 amide bonds. The van der Waals surface area contributed by atoms with E-state index < -0.39 is 6.04 Å². The largest absolute Gasteiger partial charge is 0.353 e. The van der Waals surface area contributed by atoms with Gasteiger partial charge in [-0.25, -0.2) is 0 Å². The molecule has 0 aromatic heterocycles. The summed E-state index contributed by atoms with van der Waals surface area (Å²) >= 11 is 0. The molecule has 2 rings (SSSR count). The average molecular weight is 261 g/mol. The van der Waals surface area contributed by atoms with Crippen molar-refractivity contribution in [3.8, 4) is 0 Å². The van der Waals surface area contributed by atoms with Gasteiger partial charge in [0.2, 0.25) is 11.8 Å². The van der Waals surface area contributed by atoms with Crippen LogP contribution in [0.15, 0.2) is 18.2 Å². The monoisotopic (exact) mass is 261 g/mol. The highest BCUT2D eigenvalue weighted by molar-refractivity contribution is 5.96. The van der Waals surface area contributed by atoms with E-state index >= 15 is 0 Å². The van der Waals surface area contributed by atoms with Gasteiger partial charge in [-0.3, -0.25) is 9.59 Å². The van der Waals surface area contributed by atoms with Crippen LogP contribution >= 0.6 is 0 Å². The first-order chi connectivity index (χ1) is 9.06. The molecule has 0 radical (unpaired) electrons. The lowest BCUT2D eigenvalue weighted by molar-refractivity contribution is -0.127. The molecular formula is C14H19N3O2. The Morgan fingerprint density at radius 1 is 1.37 bits per heavy atom. The molecule has 3 N–H and O–H groups in total. The molecule has 102 valence electrons. The summed E-state index contributed by atoms with van der Waals surface area (Å²) in [5.74, 6) is -0.259. The minimum atomic E-state index is -0.432. The van der Waals surface area contributed by atoms with E-state index in [1.807, 2.05) is 32.0 Å². The van der Waals surface area contributed by atoms with Gasteiger partial charge >= 0.3 is 0 Å². The number of hydrogen-bond acceptors (Lipinski definition) is 3. The number of hydrogen-bond donors (Lipinski definition) is 3. The van der Waals surface area contributed by atoms with Gasteiger partial charge in [0, 0.05) is 18.8 Å². The van der Waals surface area contributed by atoms with Crippen LogP contribution in [0.5, 0.6) is 0 Å². The Morgan fingerprint density at radius 2 is 2.16 bits per heavy atom. The van der Waals surface area contributed by atoms with E-state index in [4.69, 9.17) is 0 Å². The summed E-state index contributed by atoms with van der Waals surface area (Å²) in [7, 11) is 0. The smallest absolute Gasteiger partial charge is 0.237 e. The van der Waals surface area contributed by atoms with Crippen molar-refractivity contribution in [1.29, 1.82) is 0 Å². The fourth-order valence-electron chi connectivity index (χ4n) is 2.07. The van der Waals surface area contributed by atoms with Crippen LogP contribution in [0.2, 0.25) is 0 Å². The standard InChI is InChI=1S/C14H19N3O2/c1-9-3-4-10(2)11(7-9)17-13(18)8-12-14(19)16-6-5-15-12/h3-4,7,12,15H,5-6,8H2,1-2H3,(H,16,19)(H,17,18)/t12-/m0/s1. The van der Waals surface area contributed by atoms with Crippen LogP contribution in [-0.4, -0.2) is 30.9 Å². The Morgan fingerprint density at radius 3 is 2.89 bits per heavy atom. The Balaban J connectivity index is 1.97. The van der Waals surface area contributed by atoms with Crippen molar-refractivity contribution in [3.05, 3.63) is 29.3 Å². The summed E-state index contributed by atoms with van der Waals surface area (Å²) in [4.78, 5) is 23.5. The topological polar surface area (TPSA) is 70.2 Å². The summed E-state index contributed by atoms with van der Waals surface area (Å²) in [6.07, 6.45) is 0.152. The second-order valence-electron chi connectivity index (χ2n) is 4.87. The minimum Gasteiger partial charge on any atom is -0.353 e. The van der Waals surface area contributed by atoms with Gasteiger partial charge in [0.25, 0.3) is 0 Å². The molecule has 1 heterocycles. The van der Waals surface area contributed by atoms with Gasteiger partial charge in [0.05, 0.1) is 12.5 Å². The lowest BCUT2D eigenvalue weighted by Gasteiger charge is -2.23. The predicted octanol–water partition coefficient (Wildman–Crippen LogP) is 0.720. The normalized spacial score (nSPS) is 18.8. The highest BCUT2D eigenvalue weighted by atomic mass is 16.2. The van der Waals surface area contributed by atoms with Crippen LogP contribution < -0.4 is 16.0 Å². The van der Waals surface area contributed by atoms with Gasteiger partial charge in [0.1, 0.15) is 0 Å². The zero-order chi connectivity index (χ0) is 13.8. The Bertz CT molecular complexity index is 499. The highest BCUT2D eigenvalue weighted by Crippen LogP contribution is 2.16. The SMILES string of the molecule is Cc1ccc(C)c(NC(=O)C[C@@H]2NCCNC2=O)c1.